The van der Waals surface area contributed by atoms with Gasteiger partial charge < -0.3 is 15.5 Å². The van der Waals surface area contributed by atoms with Crippen molar-refractivity contribution in [3.05, 3.63) is 29.8 Å². The average Bonchev–Trinajstić information content (AvgIpc) is 2.27. The zero-order valence-corrected chi connectivity index (χ0v) is 10.9. The molecule has 1 rings (SSSR count). The number of aliphatic hydroxyl groups is 1. The molecule has 0 saturated heterocycles. The van der Waals surface area contributed by atoms with E-state index in [1.54, 1.807) is 12.1 Å². The maximum Gasteiger partial charge on any atom is 0.115 e. The molecule has 17 heavy (non-hydrogen) atoms. The molecule has 0 aromatic heterocycles. The fourth-order valence-corrected chi connectivity index (χ4v) is 1.74. The van der Waals surface area contributed by atoms with Crippen molar-refractivity contribution in [1.82, 2.24) is 5.32 Å². The van der Waals surface area contributed by atoms with Gasteiger partial charge in [0, 0.05) is 13.1 Å². The number of hydrogen-bond acceptors (Lipinski definition) is 3. The van der Waals surface area contributed by atoms with Gasteiger partial charge in [-0.05, 0) is 30.5 Å². The molecule has 0 aliphatic rings. The molecule has 0 spiro atoms. The van der Waals surface area contributed by atoms with E-state index in [9.17, 15) is 10.2 Å². The Morgan fingerprint density at radius 1 is 1.41 bits per heavy atom. The van der Waals surface area contributed by atoms with Crippen molar-refractivity contribution >= 4 is 0 Å². The molecule has 1 aromatic carbocycles. The van der Waals surface area contributed by atoms with Gasteiger partial charge in [0.1, 0.15) is 5.75 Å². The molecule has 0 bridgehead atoms. The summed E-state index contributed by atoms with van der Waals surface area (Å²) in [4.78, 5) is 0. The van der Waals surface area contributed by atoms with E-state index >= 15 is 0 Å². The number of hydrogen-bond donors (Lipinski definition) is 3. The third kappa shape index (κ3) is 4.36. The Labute approximate surface area is 103 Å². The second kappa shape index (κ2) is 6.03. The van der Waals surface area contributed by atoms with Crippen molar-refractivity contribution in [3.8, 4) is 5.75 Å². The van der Waals surface area contributed by atoms with Gasteiger partial charge in [0.05, 0.1) is 5.60 Å². The first-order valence-electron chi connectivity index (χ1n) is 6.16. The van der Waals surface area contributed by atoms with Gasteiger partial charge in [-0.15, -0.1) is 0 Å². The smallest absolute Gasteiger partial charge is 0.115 e. The molecule has 2 unspecified atom stereocenters. The Hall–Kier alpha value is -1.06. The summed E-state index contributed by atoms with van der Waals surface area (Å²) in [5.74, 6) is 0.539. The Morgan fingerprint density at radius 2 is 2.12 bits per heavy atom. The van der Waals surface area contributed by atoms with E-state index in [-0.39, 0.29) is 11.7 Å². The molecule has 96 valence electrons. The van der Waals surface area contributed by atoms with Crippen LogP contribution < -0.4 is 5.32 Å². The Balaban J connectivity index is 2.42. The summed E-state index contributed by atoms with van der Waals surface area (Å²) in [5, 5.41) is 22.7. The molecule has 0 amide bonds. The van der Waals surface area contributed by atoms with Gasteiger partial charge in [-0.25, -0.2) is 0 Å². The highest BCUT2D eigenvalue weighted by molar-refractivity contribution is 5.26. The molecule has 2 atom stereocenters. The lowest BCUT2D eigenvalue weighted by atomic mass is 9.88. The van der Waals surface area contributed by atoms with Crippen LogP contribution in [0.5, 0.6) is 5.75 Å². The van der Waals surface area contributed by atoms with Crippen LogP contribution in [0.25, 0.3) is 0 Å². The summed E-state index contributed by atoms with van der Waals surface area (Å²) in [7, 11) is 0. The van der Waals surface area contributed by atoms with E-state index in [0.29, 0.717) is 13.1 Å². The number of rotatable bonds is 6. The molecule has 3 nitrogen and oxygen atoms in total. The van der Waals surface area contributed by atoms with Crippen molar-refractivity contribution < 1.29 is 10.2 Å². The average molecular weight is 237 g/mol. The Kier molecular flexibility index (Phi) is 4.97. The van der Waals surface area contributed by atoms with Gasteiger partial charge in [0.25, 0.3) is 0 Å². The largest absolute Gasteiger partial charge is 0.508 e. The van der Waals surface area contributed by atoms with E-state index in [0.717, 1.165) is 12.0 Å². The maximum atomic E-state index is 10.2. The maximum absolute atomic E-state index is 10.2. The van der Waals surface area contributed by atoms with Crippen LogP contribution in [-0.2, 0) is 6.54 Å². The number of nitrogens with one attached hydrogen (secondary N) is 1. The number of phenols is 1. The van der Waals surface area contributed by atoms with E-state index in [2.05, 4.69) is 19.2 Å². The molecule has 0 heterocycles. The number of benzene rings is 1. The molecule has 0 aliphatic carbocycles. The van der Waals surface area contributed by atoms with E-state index in [1.165, 1.54) is 0 Å². The lowest BCUT2D eigenvalue weighted by Crippen LogP contribution is -2.42. The fraction of sp³-hybridized carbons (Fsp3) is 0.571. The van der Waals surface area contributed by atoms with Crippen molar-refractivity contribution in [2.45, 2.75) is 39.3 Å². The first-order valence-corrected chi connectivity index (χ1v) is 6.16. The third-order valence-corrected chi connectivity index (χ3v) is 3.40. The topological polar surface area (TPSA) is 52.5 Å². The van der Waals surface area contributed by atoms with Gasteiger partial charge >= 0.3 is 0 Å². The third-order valence-electron chi connectivity index (χ3n) is 3.40. The minimum Gasteiger partial charge on any atom is -0.508 e. The second-order valence-corrected chi connectivity index (χ2v) is 4.94. The summed E-state index contributed by atoms with van der Waals surface area (Å²) in [6.07, 6.45) is 0.959. The first-order chi connectivity index (χ1) is 7.95. The van der Waals surface area contributed by atoms with Crippen LogP contribution in [0.3, 0.4) is 0 Å². The molecule has 3 heteroatoms. The SMILES string of the molecule is CCC(C)C(C)(O)CNCc1cccc(O)c1. The van der Waals surface area contributed by atoms with E-state index < -0.39 is 5.60 Å². The van der Waals surface area contributed by atoms with Crippen LogP contribution >= 0.6 is 0 Å². The second-order valence-electron chi connectivity index (χ2n) is 4.94. The van der Waals surface area contributed by atoms with Gasteiger partial charge in [-0.1, -0.05) is 32.4 Å². The van der Waals surface area contributed by atoms with Crippen molar-refractivity contribution in [2.75, 3.05) is 6.54 Å². The van der Waals surface area contributed by atoms with Crippen LogP contribution in [-0.4, -0.2) is 22.4 Å². The summed E-state index contributed by atoms with van der Waals surface area (Å²) in [6.45, 7) is 7.19. The predicted octanol–water partition coefficient (Wildman–Crippen LogP) is 2.28. The van der Waals surface area contributed by atoms with Gasteiger partial charge in [0.2, 0.25) is 0 Å². The molecule has 1 aromatic rings. The summed E-state index contributed by atoms with van der Waals surface area (Å²) in [6, 6.07) is 7.15. The quantitative estimate of drug-likeness (QED) is 0.711. The Bertz CT molecular complexity index is 350. The van der Waals surface area contributed by atoms with Gasteiger partial charge in [-0.3, -0.25) is 0 Å². The van der Waals surface area contributed by atoms with Crippen LogP contribution in [0, 0.1) is 5.92 Å². The van der Waals surface area contributed by atoms with Crippen molar-refractivity contribution in [1.29, 1.82) is 0 Å². The molecular formula is C14H23NO2. The van der Waals surface area contributed by atoms with Crippen LogP contribution in [0.15, 0.2) is 24.3 Å². The van der Waals surface area contributed by atoms with Crippen LogP contribution in [0.1, 0.15) is 32.8 Å². The van der Waals surface area contributed by atoms with Gasteiger partial charge in [0.15, 0.2) is 0 Å². The molecule has 0 aliphatic heterocycles. The zero-order chi connectivity index (χ0) is 12.9. The van der Waals surface area contributed by atoms with Crippen LogP contribution in [0.4, 0.5) is 0 Å². The van der Waals surface area contributed by atoms with Gasteiger partial charge in [-0.2, -0.15) is 0 Å². The lowest BCUT2D eigenvalue weighted by molar-refractivity contribution is 0.00535. The van der Waals surface area contributed by atoms with Crippen molar-refractivity contribution in [3.63, 3.8) is 0 Å². The zero-order valence-electron chi connectivity index (χ0n) is 10.9. The minimum absolute atomic E-state index is 0.263. The summed E-state index contributed by atoms with van der Waals surface area (Å²) < 4.78 is 0. The van der Waals surface area contributed by atoms with Crippen molar-refractivity contribution in [2.24, 2.45) is 5.92 Å². The highest BCUT2D eigenvalue weighted by Gasteiger charge is 2.26. The minimum atomic E-state index is -0.689. The monoisotopic (exact) mass is 237 g/mol. The Morgan fingerprint density at radius 3 is 2.71 bits per heavy atom. The normalized spacial score (nSPS) is 16.5. The van der Waals surface area contributed by atoms with Crippen LogP contribution in [0.2, 0.25) is 0 Å². The first kappa shape index (κ1) is 14.0. The highest BCUT2D eigenvalue weighted by atomic mass is 16.3. The molecular weight excluding hydrogens is 214 g/mol. The van der Waals surface area contributed by atoms with E-state index in [1.807, 2.05) is 19.1 Å². The predicted molar refractivity (Wildman–Crippen MR) is 69.9 cm³/mol. The molecule has 0 saturated carbocycles. The summed E-state index contributed by atoms with van der Waals surface area (Å²) in [5.41, 5.74) is 0.330. The number of phenolic OH excluding ortho intramolecular Hbond substituents is 1. The lowest BCUT2D eigenvalue weighted by Gasteiger charge is -2.30. The highest BCUT2D eigenvalue weighted by Crippen LogP contribution is 2.19. The fourth-order valence-electron chi connectivity index (χ4n) is 1.74. The summed E-state index contributed by atoms with van der Waals surface area (Å²) >= 11 is 0. The number of aromatic hydroxyl groups is 1. The molecule has 3 N–H and O–H groups in total. The molecule has 0 radical (unpaired) electrons. The van der Waals surface area contributed by atoms with E-state index in [4.69, 9.17) is 0 Å². The standard InChI is InChI=1S/C14H23NO2/c1-4-11(2)14(3,17)10-15-9-12-6-5-7-13(16)8-12/h5-8,11,15-17H,4,9-10H2,1-3H3. The molecule has 0 fully saturated rings.